The normalized spacial score (nSPS) is 15.8. The maximum Gasteiger partial charge on any atom is 0.233 e. The predicted octanol–water partition coefficient (Wildman–Crippen LogP) is 2.93. The van der Waals surface area contributed by atoms with Crippen molar-refractivity contribution in [3.05, 3.63) is 36.2 Å². The van der Waals surface area contributed by atoms with E-state index in [1.807, 2.05) is 46.7 Å². The Balaban J connectivity index is 1.66. The number of aromatic nitrogens is 3. The number of carbonyl (C=O) groups is 1. The Labute approximate surface area is 141 Å². The second kappa shape index (κ2) is 7.17. The van der Waals surface area contributed by atoms with Crippen LogP contribution in [0.5, 0.6) is 0 Å². The molecule has 0 saturated carbocycles. The molecule has 1 aliphatic heterocycles. The molecule has 1 fully saturated rings. The van der Waals surface area contributed by atoms with Crippen LogP contribution in [0.3, 0.4) is 0 Å². The molecule has 0 N–H and O–H groups in total. The summed E-state index contributed by atoms with van der Waals surface area (Å²) in [5, 5.41) is 9.16. The second-order valence-corrected chi connectivity index (χ2v) is 7.00. The van der Waals surface area contributed by atoms with Gasteiger partial charge in [-0.3, -0.25) is 9.36 Å². The highest BCUT2D eigenvalue weighted by atomic mass is 32.2. The van der Waals surface area contributed by atoms with E-state index in [4.69, 9.17) is 0 Å². The van der Waals surface area contributed by atoms with Crippen LogP contribution < -0.4 is 0 Å². The molecule has 122 valence electrons. The molecule has 6 heteroatoms. The Morgan fingerprint density at radius 1 is 1.22 bits per heavy atom. The first-order valence-electron chi connectivity index (χ1n) is 8.03. The quantitative estimate of drug-likeness (QED) is 0.809. The van der Waals surface area contributed by atoms with Crippen LogP contribution in [0.15, 0.2) is 35.5 Å². The van der Waals surface area contributed by atoms with Crippen molar-refractivity contribution in [3.63, 3.8) is 0 Å². The number of piperidine rings is 1. The van der Waals surface area contributed by atoms with Crippen molar-refractivity contribution < 1.29 is 4.79 Å². The molecule has 0 aliphatic carbocycles. The van der Waals surface area contributed by atoms with E-state index in [9.17, 15) is 4.79 Å². The van der Waals surface area contributed by atoms with E-state index in [1.165, 1.54) is 11.8 Å². The first kappa shape index (κ1) is 16.1. The predicted molar refractivity (Wildman–Crippen MR) is 91.8 cm³/mol. The van der Waals surface area contributed by atoms with E-state index in [2.05, 4.69) is 17.1 Å². The fourth-order valence-corrected chi connectivity index (χ4v) is 3.69. The van der Waals surface area contributed by atoms with Gasteiger partial charge in [0, 0.05) is 18.8 Å². The zero-order chi connectivity index (χ0) is 16.2. The van der Waals surface area contributed by atoms with Gasteiger partial charge in [-0.25, -0.2) is 0 Å². The number of para-hydroxylation sites is 1. The van der Waals surface area contributed by atoms with Gasteiger partial charge in [0.1, 0.15) is 5.82 Å². The third-order valence-corrected chi connectivity index (χ3v) is 5.18. The Morgan fingerprint density at radius 3 is 2.61 bits per heavy atom. The van der Waals surface area contributed by atoms with Crippen molar-refractivity contribution in [1.82, 2.24) is 19.7 Å². The Bertz CT molecular complexity index is 662. The molecular weight excluding hydrogens is 308 g/mol. The van der Waals surface area contributed by atoms with Crippen molar-refractivity contribution in [3.8, 4) is 5.69 Å². The molecular formula is C17H22N4OS. The van der Waals surface area contributed by atoms with Gasteiger partial charge >= 0.3 is 0 Å². The maximum atomic E-state index is 12.4. The number of aryl methyl sites for hydroxylation is 1. The number of rotatable bonds is 4. The lowest BCUT2D eigenvalue weighted by molar-refractivity contribution is -0.129. The minimum absolute atomic E-state index is 0.196. The fraction of sp³-hybridized carbons (Fsp3) is 0.471. The first-order chi connectivity index (χ1) is 11.1. The highest BCUT2D eigenvalue weighted by molar-refractivity contribution is 7.99. The summed E-state index contributed by atoms with van der Waals surface area (Å²) in [6, 6.07) is 10.0. The zero-order valence-electron chi connectivity index (χ0n) is 13.6. The van der Waals surface area contributed by atoms with Crippen molar-refractivity contribution in [2.24, 2.45) is 5.92 Å². The minimum atomic E-state index is 0.196. The standard InChI is InChI=1S/C17H22N4OS/c1-13-8-10-20(11-9-13)16(22)12-23-17-19-18-14(2)21(17)15-6-4-3-5-7-15/h3-7,13H,8-12H2,1-2H3. The number of nitrogens with zero attached hydrogens (tertiary/aromatic N) is 4. The molecule has 1 amide bonds. The number of amides is 1. The van der Waals surface area contributed by atoms with Crippen LogP contribution in [0, 0.1) is 12.8 Å². The number of likely N-dealkylation sites (tertiary alicyclic amines) is 1. The van der Waals surface area contributed by atoms with Gasteiger partial charge in [0.2, 0.25) is 5.91 Å². The number of hydrogen-bond acceptors (Lipinski definition) is 4. The molecule has 0 atom stereocenters. The van der Waals surface area contributed by atoms with Crippen LogP contribution in [0.2, 0.25) is 0 Å². The van der Waals surface area contributed by atoms with E-state index in [-0.39, 0.29) is 5.91 Å². The summed E-state index contributed by atoms with van der Waals surface area (Å²) in [5.41, 5.74) is 1.02. The van der Waals surface area contributed by atoms with E-state index in [0.717, 1.165) is 48.5 Å². The molecule has 0 spiro atoms. The number of thioether (sulfide) groups is 1. The Morgan fingerprint density at radius 2 is 1.91 bits per heavy atom. The van der Waals surface area contributed by atoms with Crippen LogP contribution in [0.4, 0.5) is 0 Å². The van der Waals surface area contributed by atoms with E-state index in [1.54, 1.807) is 0 Å². The van der Waals surface area contributed by atoms with Gasteiger partial charge in [0.25, 0.3) is 0 Å². The summed E-state index contributed by atoms with van der Waals surface area (Å²) >= 11 is 1.46. The van der Waals surface area contributed by atoms with Crippen LogP contribution in [0.1, 0.15) is 25.6 Å². The molecule has 1 aromatic carbocycles. The van der Waals surface area contributed by atoms with Crippen LogP contribution in [0.25, 0.3) is 5.69 Å². The number of benzene rings is 1. The SMILES string of the molecule is Cc1nnc(SCC(=O)N2CCC(C)CC2)n1-c1ccccc1. The summed E-state index contributed by atoms with van der Waals surface area (Å²) in [7, 11) is 0. The third kappa shape index (κ3) is 3.75. The zero-order valence-corrected chi connectivity index (χ0v) is 14.4. The largest absolute Gasteiger partial charge is 0.342 e. The summed E-state index contributed by atoms with van der Waals surface area (Å²) < 4.78 is 2.00. The Hall–Kier alpha value is -1.82. The van der Waals surface area contributed by atoms with E-state index < -0.39 is 0 Å². The molecule has 5 nitrogen and oxygen atoms in total. The van der Waals surface area contributed by atoms with Gasteiger partial charge in [-0.1, -0.05) is 36.9 Å². The lowest BCUT2D eigenvalue weighted by Gasteiger charge is -2.30. The maximum absolute atomic E-state index is 12.4. The van der Waals surface area contributed by atoms with Crippen molar-refractivity contribution in [2.45, 2.75) is 31.8 Å². The summed E-state index contributed by atoms with van der Waals surface area (Å²) in [5.74, 6) is 2.18. The van der Waals surface area contributed by atoms with Gasteiger partial charge in [-0.05, 0) is 37.8 Å². The highest BCUT2D eigenvalue weighted by Crippen LogP contribution is 2.23. The monoisotopic (exact) mass is 330 g/mol. The molecule has 2 aromatic rings. The van der Waals surface area contributed by atoms with Gasteiger partial charge in [0.15, 0.2) is 5.16 Å². The molecule has 0 unspecified atom stereocenters. The topological polar surface area (TPSA) is 51.0 Å². The molecule has 0 bridgehead atoms. The average molecular weight is 330 g/mol. The lowest BCUT2D eigenvalue weighted by atomic mass is 9.99. The lowest BCUT2D eigenvalue weighted by Crippen LogP contribution is -2.38. The molecule has 2 heterocycles. The van der Waals surface area contributed by atoms with Crippen molar-refractivity contribution in [1.29, 1.82) is 0 Å². The molecule has 0 radical (unpaired) electrons. The van der Waals surface area contributed by atoms with Crippen molar-refractivity contribution >= 4 is 17.7 Å². The summed E-state index contributed by atoms with van der Waals surface area (Å²) in [4.78, 5) is 14.4. The molecule has 23 heavy (non-hydrogen) atoms. The van der Waals surface area contributed by atoms with Crippen LogP contribution in [-0.2, 0) is 4.79 Å². The van der Waals surface area contributed by atoms with E-state index >= 15 is 0 Å². The fourth-order valence-electron chi connectivity index (χ4n) is 2.79. The van der Waals surface area contributed by atoms with Crippen molar-refractivity contribution in [2.75, 3.05) is 18.8 Å². The first-order valence-corrected chi connectivity index (χ1v) is 9.01. The van der Waals surface area contributed by atoms with Gasteiger partial charge in [-0.15, -0.1) is 10.2 Å². The van der Waals surface area contributed by atoms with E-state index in [0.29, 0.717) is 5.75 Å². The molecule has 1 saturated heterocycles. The van der Waals surface area contributed by atoms with Gasteiger partial charge in [0.05, 0.1) is 5.75 Å². The average Bonchev–Trinajstić information content (AvgIpc) is 2.95. The number of hydrogen-bond donors (Lipinski definition) is 0. The Kier molecular flexibility index (Phi) is 5.00. The molecule has 3 rings (SSSR count). The molecule has 1 aliphatic rings. The summed E-state index contributed by atoms with van der Waals surface area (Å²) in [6.07, 6.45) is 2.21. The van der Waals surface area contributed by atoms with Gasteiger partial charge in [-0.2, -0.15) is 0 Å². The smallest absolute Gasteiger partial charge is 0.233 e. The third-order valence-electron chi connectivity index (χ3n) is 4.27. The highest BCUT2D eigenvalue weighted by Gasteiger charge is 2.21. The minimum Gasteiger partial charge on any atom is -0.342 e. The van der Waals surface area contributed by atoms with Crippen LogP contribution in [-0.4, -0.2) is 44.4 Å². The molecule has 1 aromatic heterocycles. The summed E-state index contributed by atoms with van der Waals surface area (Å²) in [6.45, 7) is 5.94. The van der Waals surface area contributed by atoms with Gasteiger partial charge < -0.3 is 4.90 Å². The number of carbonyl (C=O) groups excluding carboxylic acids is 1. The van der Waals surface area contributed by atoms with Crippen LogP contribution >= 0.6 is 11.8 Å². The second-order valence-electron chi connectivity index (χ2n) is 6.05.